The predicted octanol–water partition coefficient (Wildman–Crippen LogP) is 1.82. The molecular formula is C9H11BrClN3O2S2. The van der Waals surface area contributed by atoms with E-state index in [2.05, 4.69) is 25.9 Å². The Labute approximate surface area is 123 Å². The molecule has 1 aliphatic rings. The lowest BCUT2D eigenvalue weighted by Crippen LogP contribution is -2.47. The molecule has 1 aliphatic heterocycles. The van der Waals surface area contributed by atoms with Gasteiger partial charge in [-0.05, 0) is 27.5 Å². The fourth-order valence-corrected chi connectivity index (χ4v) is 5.08. The second-order valence-electron chi connectivity index (χ2n) is 3.86. The maximum Gasteiger partial charge on any atom is 0.224 e. The van der Waals surface area contributed by atoms with E-state index in [1.807, 2.05) is 0 Å². The fraction of sp³-hybridized carbons (Fsp3) is 0.556. The molecule has 1 aromatic heterocycles. The molecule has 100 valence electrons. The van der Waals surface area contributed by atoms with Gasteiger partial charge in [-0.15, -0.1) is 0 Å². The van der Waals surface area contributed by atoms with Crippen LogP contribution in [0.2, 0.25) is 5.28 Å². The molecule has 0 spiro atoms. The molecule has 0 amide bonds. The Morgan fingerprint density at radius 3 is 3.00 bits per heavy atom. The first-order valence-corrected chi connectivity index (χ1v) is 9.39. The SMILES string of the molecule is CS(=O)(=O)C1CSCCN1c1nc(Cl)ncc1Br. The highest BCUT2D eigenvalue weighted by molar-refractivity contribution is 9.10. The van der Waals surface area contributed by atoms with Crippen LogP contribution in [0.3, 0.4) is 0 Å². The summed E-state index contributed by atoms with van der Waals surface area (Å²) >= 11 is 10.7. The van der Waals surface area contributed by atoms with Crippen molar-refractivity contribution in [1.82, 2.24) is 9.97 Å². The van der Waals surface area contributed by atoms with Gasteiger partial charge in [-0.1, -0.05) is 0 Å². The highest BCUT2D eigenvalue weighted by Gasteiger charge is 2.33. The highest BCUT2D eigenvalue weighted by Crippen LogP contribution is 2.31. The zero-order valence-corrected chi connectivity index (χ0v) is 13.5. The van der Waals surface area contributed by atoms with Gasteiger partial charge < -0.3 is 4.90 Å². The highest BCUT2D eigenvalue weighted by atomic mass is 79.9. The first-order valence-electron chi connectivity index (χ1n) is 5.11. The number of thioether (sulfide) groups is 1. The standard InChI is InChI=1S/C9H11BrClN3O2S2/c1-18(15,16)7-5-17-3-2-14(7)8-6(10)4-12-9(11)13-8/h4,7H,2-3,5H2,1H3. The molecule has 1 unspecified atom stereocenters. The molecule has 1 fully saturated rings. The lowest BCUT2D eigenvalue weighted by molar-refractivity contribution is 0.583. The maximum atomic E-state index is 11.8. The molecule has 1 aromatic rings. The summed E-state index contributed by atoms with van der Waals surface area (Å²) in [7, 11) is -3.17. The minimum atomic E-state index is -3.17. The van der Waals surface area contributed by atoms with E-state index in [9.17, 15) is 8.42 Å². The summed E-state index contributed by atoms with van der Waals surface area (Å²) < 4.78 is 24.3. The maximum absolute atomic E-state index is 11.8. The van der Waals surface area contributed by atoms with Gasteiger partial charge >= 0.3 is 0 Å². The average Bonchev–Trinajstić information content (AvgIpc) is 2.31. The van der Waals surface area contributed by atoms with Gasteiger partial charge in [0, 0.05) is 30.5 Å². The van der Waals surface area contributed by atoms with Crippen molar-refractivity contribution >= 4 is 54.9 Å². The van der Waals surface area contributed by atoms with Crippen molar-refractivity contribution in [1.29, 1.82) is 0 Å². The van der Waals surface area contributed by atoms with Crippen molar-refractivity contribution in [3.63, 3.8) is 0 Å². The number of rotatable bonds is 2. The molecular weight excluding hydrogens is 362 g/mol. The van der Waals surface area contributed by atoms with E-state index in [0.717, 1.165) is 5.75 Å². The van der Waals surface area contributed by atoms with E-state index in [1.165, 1.54) is 12.5 Å². The Kier molecular flexibility index (Phi) is 4.40. The molecule has 2 rings (SSSR count). The van der Waals surface area contributed by atoms with Crippen LogP contribution in [0, 0.1) is 0 Å². The Bertz CT molecular complexity index is 555. The molecule has 9 heteroatoms. The summed E-state index contributed by atoms with van der Waals surface area (Å²) in [6.45, 7) is 0.619. The van der Waals surface area contributed by atoms with Crippen LogP contribution in [0.25, 0.3) is 0 Å². The van der Waals surface area contributed by atoms with Crippen molar-refractivity contribution < 1.29 is 8.42 Å². The molecule has 0 bridgehead atoms. The molecule has 18 heavy (non-hydrogen) atoms. The third-order valence-corrected chi connectivity index (χ3v) is 5.93. The second kappa shape index (κ2) is 5.52. The van der Waals surface area contributed by atoms with Gasteiger partial charge in [-0.25, -0.2) is 13.4 Å². The van der Waals surface area contributed by atoms with Crippen LogP contribution in [-0.2, 0) is 9.84 Å². The Balaban J connectivity index is 2.43. The van der Waals surface area contributed by atoms with E-state index in [0.29, 0.717) is 22.6 Å². The van der Waals surface area contributed by atoms with Gasteiger partial charge in [0.15, 0.2) is 9.84 Å². The molecule has 0 aromatic carbocycles. The van der Waals surface area contributed by atoms with Crippen molar-refractivity contribution in [2.75, 3.05) is 29.2 Å². The number of nitrogens with zero attached hydrogens (tertiary/aromatic N) is 3. The van der Waals surface area contributed by atoms with Crippen molar-refractivity contribution in [3.05, 3.63) is 16.0 Å². The number of hydrogen-bond acceptors (Lipinski definition) is 6. The second-order valence-corrected chi connectivity index (χ2v) is 8.41. The molecule has 0 aliphatic carbocycles. The van der Waals surface area contributed by atoms with Crippen LogP contribution >= 0.6 is 39.3 Å². The summed E-state index contributed by atoms with van der Waals surface area (Å²) in [4.78, 5) is 9.73. The van der Waals surface area contributed by atoms with Crippen LogP contribution < -0.4 is 4.90 Å². The first kappa shape index (κ1) is 14.4. The topological polar surface area (TPSA) is 63.2 Å². The van der Waals surface area contributed by atoms with Crippen molar-refractivity contribution in [3.8, 4) is 0 Å². The van der Waals surface area contributed by atoms with E-state index >= 15 is 0 Å². The minimum Gasteiger partial charge on any atom is -0.337 e. The van der Waals surface area contributed by atoms with Gasteiger partial charge in [-0.2, -0.15) is 16.7 Å². The van der Waals surface area contributed by atoms with E-state index in [1.54, 1.807) is 16.7 Å². The van der Waals surface area contributed by atoms with Crippen LogP contribution in [0.15, 0.2) is 10.7 Å². The number of hydrogen-bond donors (Lipinski definition) is 0. The molecule has 2 heterocycles. The summed E-state index contributed by atoms with van der Waals surface area (Å²) in [6, 6.07) is 0. The Hall–Kier alpha value is -0.0500. The first-order chi connectivity index (χ1) is 8.39. The van der Waals surface area contributed by atoms with Gasteiger partial charge in [0.1, 0.15) is 11.2 Å². The summed E-state index contributed by atoms with van der Waals surface area (Å²) in [6.07, 6.45) is 2.78. The molecule has 1 atom stereocenters. The van der Waals surface area contributed by atoms with Crippen molar-refractivity contribution in [2.24, 2.45) is 0 Å². The van der Waals surface area contributed by atoms with Gasteiger partial charge in [0.05, 0.1) is 4.47 Å². The number of sulfone groups is 1. The molecule has 5 nitrogen and oxygen atoms in total. The largest absolute Gasteiger partial charge is 0.337 e. The Morgan fingerprint density at radius 1 is 1.61 bits per heavy atom. The summed E-state index contributed by atoms with van der Waals surface area (Å²) in [5.41, 5.74) is 0. The van der Waals surface area contributed by atoms with E-state index < -0.39 is 15.2 Å². The predicted molar refractivity (Wildman–Crippen MR) is 78.0 cm³/mol. The third-order valence-electron chi connectivity index (χ3n) is 2.55. The molecule has 0 radical (unpaired) electrons. The Morgan fingerprint density at radius 2 is 2.33 bits per heavy atom. The number of anilines is 1. The molecule has 0 N–H and O–H groups in total. The van der Waals surface area contributed by atoms with Gasteiger partial charge in [0.25, 0.3) is 0 Å². The lowest BCUT2D eigenvalue weighted by atomic mass is 10.4. The zero-order chi connectivity index (χ0) is 13.3. The van der Waals surface area contributed by atoms with Gasteiger partial charge in [0.2, 0.25) is 5.28 Å². The number of halogens is 2. The lowest BCUT2D eigenvalue weighted by Gasteiger charge is -2.35. The normalized spacial score (nSPS) is 21.1. The monoisotopic (exact) mass is 371 g/mol. The smallest absolute Gasteiger partial charge is 0.224 e. The van der Waals surface area contributed by atoms with E-state index in [4.69, 9.17) is 11.6 Å². The fourth-order valence-electron chi connectivity index (χ4n) is 1.72. The van der Waals surface area contributed by atoms with Crippen LogP contribution in [-0.4, -0.2) is 48.1 Å². The number of aromatic nitrogens is 2. The van der Waals surface area contributed by atoms with E-state index in [-0.39, 0.29) is 5.28 Å². The zero-order valence-electron chi connectivity index (χ0n) is 9.51. The summed E-state index contributed by atoms with van der Waals surface area (Å²) in [5.74, 6) is 1.93. The molecule has 1 saturated heterocycles. The quantitative estimate of drug-likeness (QED) is 0.738. The average molecular weight is 373 g/mol. The van der Waals surface area contributed by atoms with Crippen LogP contribution in [0.1, 0.15) is 0 Å². The van der Waals surface area contributed by atoms with Crippen LogP contribution in [0.4, 0.5) is 5.82 Å². The van der Waals surface area contributed by atoms with Crippen LogP contribution in [0.5, 0.6) is 0 Å². The summed E-state index contributed by atoms with van der Waals surface area (Å²) in [5, 5.41) is -0.461. The van der Waals surface area contributed by atoms with Gasteiger partial charge in [-0.3, -0.25) is 0 Å². The molecule has 0 saturated carbocycles. The minimum absolute atomic E-state index is 0.110. The third kappa shape index (κ3) is 3.09. The van der Waals surface area contributed by atoms with Crippen molar-refractivity contribution in [2.45, 2.75) is 5.37 Å².